The van der Waals surface area contributed by atoms with Crippen LogP contribution in [0.4, 0.5) is 14.9 Å². The summed E-state index contributed by atoms with van der Waals surface area (Å²) >= 11 is 0. The molecule has 2 unspecified atom stereocenters. The minimum Gasteiger partial charge on any atom is -0.393 e. The minimum atomic E-state index is -0.315. The van der Waals surface area contributed by atoms with E-state index in [1.807, 2.05) is 0 Å². The van der Waals surface area contributed by atoms with Crippen LogP contribution in [-0.2, 0) is 0 Å². The van der Waals surface area contributed by atoms with Gasteiger partial charge in [-0.1, -0.05) is 6.42 Å². The molecule has 0 bridgehead atoms. The van der Waals surface area contributed by atoms with Gasteiger partial charge in [0.15, 0.2) is 0 Å². The first kappa shape index (κ1) is 14.8. The van der Waals surface area contributed by atoms with Crippen molar-refractivity contribution in [1.82, 2.24) is 5.32 Å². The molecule has 2 amide bonds. The number of aryl methyl sites for hydroxylation is 1. The Morgan fingerprint density at radius 3 is 2.95 bits per heavy atom. The van der Waals surface area contributed by atoms with E-state index in [0.717, 1.165) is 25.7 Å². The average molecular weight is 280 g/mol. The summed E-state index contributed by atoms with van der Waals surface area (Å²) in [6.07, 6.45) is 3.41. The van der Waals surface area contributed by atoms with Crippen molar-refractivity contribution in [2.75, 3.05) is 11.9 Å². The lowest BCUT2D eigenvalue weighted by Gasteiger charge is -2.25. The molecule has 0 spiro atoms. The molecule has 2 rings (SSSR count). The first-order chi connectivity index (χ1) is 9.54. The van der Waals surface area contributed by atoms with Gasteiger partial charge in [0.1, 0.15) is 5.82 Å². The summed E-state index contributed by atoms with van der Waals surface area (Å²) in [5.41, 5.74) is 1.29. The number of amides is 2. The van der Waals surface area contributed by atoms with Crippen LogP contribution in [0, 0.1) is 18.7 Å². The molecule has 1 aliphatic rings. The topological polar surface area (TPSA) is 61.4 Å². The molecule has 0 aromatic heterocycles. The zero-order valence-electron chi connectivity index (χ0n) is 11.7. The fourth-order valence-electron chi connectivity index (χ4n) is 2.62. The van der Waals surface area contributed by atoms with Crippen molar-refractivity contribution in [2.45, 2.75) is 38.7 Å². The van der Waals surface area contributed by atoms with E-state index in [1.165, 1.54) is 12.1 Å². The summed E-state index contributed by atoms with van der Waals surface area (Å²) in [6.45, 7) is 2.30. The highest BCUT2D eigenvalue weighted by Crippen LogP contribution is 2.23. The maximum Gasteiger partial charge on any atom is 0.319 e. The van der Waals surface area contributed by atoms with Gasteiger partial charge >= 0.3 is 6.03 Å². The Morgan fingerprint density at radius 2 is 2.25 bits per heavy atom. The second-order valence-electron chi connectivity index (χ2n) is 5.48. The first-order valence-corrected chi connectivity index (χ1v) is 7.03. The molecular formula is C15H21FN2O2. The number of nitrogens with one attached hydrogen (secondary N) is 2. The lowest BCUT2D eigenvalue weighted by Crippen LogP contribution is -2.35. The van der Waals surface area contributed by atoms with Gasteiger partial charge in [0.2, 0.25) is 0 Å². The Labute approximate surface area is 118 Å². The number of benzene rings is 1. The monoisotopic (exact) mass is 280 g/mol. The number of hydrogen-bond acceptors (Lipinski definition) is 2. The number of hydrogen-bond donors (Lipinski definition) is 3. The van der Waals surface area contributed by atoms with Crippen LogP contribution in [0.25, 0.3) is 0 Å². The van der Waals surface area contributed by atoms with Crippen LogP contribution >= 0.6 is 0 Å². The second kappa shape index (κ2) is 6.70. The molecule has 1 aromatic carbocycles. The standard InChI is InChI=1S/C15H21FN2O2/c1-10-7-12(16)5-6-14(10)18-15(20)17-9-11-3-2-4-13(19)8-11/h5-7,11,13,19H,2-4,8-9H2,1H3,(H2,17,18,20). The summed E-state index contributed by atoms with van der Waals surface area (Å²) < 4.78 is 13.0. The summed E-state index contributed by atoms with van der Waals surface area (Å²) in [6, 6.07) is 3.96. The molecule has 1 fully saturated rings. The van der Waals surface area contributed by atoms with Gasteiger partial charge in [-0.15, -0.1) is 0 Å². The summed E-state index contributed by atoms with van der Waals surface area (Å²) in [5, 5.41) is 15.1. The highest BCUT2D eigenvalue weighted by atomic mass is 19.1. The molecule has 110 valence electrons. The molecule has 0 saturated heterocycles. The first-order valence-electron chi connectivity index (χ1n) is 7.03. The molecule has 4 nitrogen and oxygen atoms in total. The van der Waals surface area contributed by atoms with Gasteiger partial charge in [0.05, 0.1) is 6.10 Å². The summed E-state index contributed by atoms with van der Waals surface area (Å²) in [4.78, 5) is 11.8. The van der Waals surface area contributed by atoms with E-state index in [0.29, 0.717) is 23.7 Å². The fraction of sp³-hybridized carbons (Fsp3) is 0.533. The predicted molar refractivity (Wildman–Crippen MR) is 76.1 cm³/mol. The van der Waals surface area contributed by atoms with E-state index in [-0.39, 0.29) is 18.0 Å². The van der Waals surface area contributed by atoms with Crippen LogP contribution in [0.1, 0.15) is 31.2 Å². The number of urea groups is 1. The van der Waals surface area contributed by atoms with Crippen LogP contribution in [0.3, 0.4) is 0 Å². The Hall–Kier alpha value is -1.62. The largest absolute Gasteiger partial charge is 0.393 e. The molecule has 0 heterocycles. The van der Waals surface area contributed by atoms with E-state index < -0.39 is 0 Å². The third-order valence-corrected chi connectivity index (χ3v) is 3.74. The van der Waals surface area contributed by atoms with Crippen LogP contribution < -0.4 is 10.6 Å². The molecule has 1 saturated carbocycles. The highest BCUT2D eigenvalue weighted by Gasteiger charge is 2.20. The molecule has 1 aromatic rings. The Bertz CT molecular complexity index is 479. The predicted octanol–water partition coefficient (Wildman–Crippen LogP) is 2.81. The molecule has 3 N–H and O–H groups in total. The second-order valence-corrected chi connectivity index (χ2v) is 5.48. The number of rotatable bonds is 3. The average Bonchev–Trinajstić information content (AvgIpc) is 2.40. The number of aliphatic hydroxyl groups excluding tert-OH is 1. The molecular weight excluding hydrogens is 259 g/mol. The van der Waals surface area contributed by atoms with Crippen molar-refractivity contribution in [3.63, 3.8) is 0 Å². The van der Waals surface area contributed by atoms with E-state index in [9.17, 15) is 14.3 Å². The third-order valence-electron chi connectivity index (χ3n) is 3.74. The normalized spacial score (nSPS) is 22.4. The van der Waals surface area contributed by atoms with Crippen LogP contribution in [0.2, 0.25) is 0 Å². The van der Waals surface area contributed by atoms with Gasteiger partial charge < -0.3 is 15.7 Å². The maximum atomic E-state index is 13.0. The molecule has 0 radical (unpaired) electrons. The van der Waals surface area contributed by atoms with Gasteiger partial charge in [-0.3, -0.25) is 0 Å². The smallest absolute Gasteiger partial charge is 0.319 e. The lowest BCUT2D eigenvalue weighted by molar-refractivity contribution is 0.101. The molecule has 2 atom stereocenters. The van der Waals surface area contributed by atoms with Crippen molar-refractivity contribution in [3.05, 3.63) is 29.6 Å². The van der Waals surface area contributed by atoms with Crippen molar-refractivity contribution >= 4 is 11.7 Å². The zero-order valence-corrected chi connectivity index (χ0v) is 11.7. The number of carbonyl (C=O) groups excluding carboxylic acids is 1. The Balaban J connectivity index is 1.80. The number of anilines is 1. The van der Waals surface area contributed by atoms with Crippen molar-refractivity contribution < 1.29 is 14.3 Å². The molecule has 5 heteroatoms. The summed E-state index contributed by atoms with van der Waals surface area (Å²) in [5.74, 6) is 0.0171. The van der Waals surface area contributed by atoms with Gasteiger partial charge in [-0.05, 0) is 55.9 Å². The van der Waals surface area contributed by atoms with Gasteiger partial charge in [0, 0.05) is 12.2 Å². The number of halogens is 1. The van der Waals surface area contributed by atoms with E-state index in [2.05, 4.69) is 10.6 Å². The van der Waals surface area contributed by atoms with Crippen LogP contribution in [0.5, 0.6) is 0 Å². The van der Waals surface area contributed by atoms with E-state index in [4.69, 9.17) is 0 Å². The van der Waals surface area contributed by atoms with E-state index >= 15 is 0 Å². The SMILES string of the molecule is Cc1cc(F)ccc1NC(=O)NCC1CCCC(O)C1. The number of aliphatic hydroxyl groups is 1. The Morgan fingerprint density at radius 1 is 1.45 bits per heavy atom. The van der Waals surface area contributed by atoms with Crippen molar-refractivity contribution in [3.8, 4) is 0 Å². The van der Waals surface area contributed by atoms with Crippen molar-refractivity contribution in [1.29, 1.82) is 0 Å². The minimum absolute atomic E-state index is 0.238. The van der Waals surface area contributed by atoms with Crippen molar-refractivity contribution in [2.24, 2.45) is 5.92 Å². The highest BCUT2D eigenvalue weighted by molar-refractivity contribution is 5.90. The maximum absolute atomic E-state index is 13.0. The third kappa shape index (κ3) is 4.20. The van der Waals surface area contributed by atoms with Gasteiger partial charge in [0.25, 0.3) is 0 Å². The van der Waals surface area contributed by atoms with Crippen LogP contribution in [0.15, 0.2) is 18.2 Å². The number of carbonyl (C=O) groups is 1. The lowest BCUT2D eigenvalue weighted by atomic mass is 9.87. The Kier molecular flexibility index (Phi) is 4.95. The quantitative estimate of drug-likeness (QED) is 0.797. The zero-order chi connectivity index (χ0) is 14.5. The molecule has 20 heavy (non-hydrogen) atoms. The van der Waals surface area contributed by atoms with E-state index in [1.54, 1.807) is 13.0 Å². The molecule has 1 aliphatic carbocycles. The van der Waals surface area contributed by atoms with Crippen LogP contribution in [-0.4, -0.2) is 23.8 Å². The summed E-state index contributed by atoms with van der Waals surface area (Å²) in [7, 11) is 0. The van der Waals surface area contributed by atoms with Gasteiger partial charge in [-0.2, -0.15) is 0 Å². The van der Waals surface area contributed by atoms with Gasteiger partial charge in [-0.25, -0.2) is 9.18 Å². The molecule has 0 aliphatic heterocycles. The fourth-order valence-corrected chi connectivity index (χ4v) is 2.62.